The molecule has 130 valence electrons. The summed E-state index contributed by atoms with van der Waals surface area (Å²) in [7, 11) is 0. The van der Waals surface area contributed by atoms with Crippen molar-refractivity contribution in [3.05, 3.63) is 41.5 Å². The summed E-state index contributed by atoms with van der Waals surface area (Å²) in [4.78, 5) is 16.7. The SMILES string of the molecule is CC(OC(=O)c1ccc(SC(F)F)cc1)c1nc(C(C)(C)C)no1. The van der Waals surface area contributed by atoms with Crippen molar-refractivity contribution in [2.75, 3.05) is 0 Å². The van der Waals surface area contributed by atoms with Crippen LogP contribution in [0, 0.1) is 0 Å². The molecule has 1 heterocycles. The lowest BCUT2D eigenvalue weighted by Gasteiger charge is -2.12. The zero-order chi connectivity index (χ0) is 17.9. The summed E-state index contributed by atoms with van der Waals surface area (Å²) in [6.07, 6.45) is -0.712. The van der Waals surface area contributed by atoms with Crippen molar-refractivity contribution in [1.29, 1.82) is 0 Å². The first-order chi connectivity index (χ1) is 11.2. The molecule has 0 saturated carbocycles. The van der Waals surface area contributed by atoms with E-state index in [0.717, 1.165) is 0 Å². The summed E-state index contributed by atoms with van der Waals surface area (Å²) in [5, 5.41) is 3.88. The minimum Gasteiger partial charge on any atom is -0.449 e. The Hall–Kier alpha value is -1.96. The number of thioether (sulfide) groups is 1. The summed E-state index contributed by atoms with van der Waals surface area (Å²) in [5.41, 5.74) is -0.0139. The molecule has 0 aliphatic rings. The molecule has 0 amide bonds. The standard InChI is InChI=1S/C16H18F2N2O3S/c1-9(12-19-14(20-23-12)16(2,3)4)22-13(21)10-5-7-11(8-6-10)24-15(17)18/h5-9,15H,1-4H3. The van der Waals surface area contributed by atoms with Gasteiger partial charge in [-0.05, 0) is 31.2 Å². The average Bonchev–Trinajstić information content (AvgIpc) is 2.97. The minimum absolute atomic E-state index is 0.207. The first-order valence-corrected chi connectivity index (χ1v) is 8.14. The molecule has 0 fully saturated rings. The topological polar surface area (TPSA) is 65.2 Å². The van der Waals surface area contributed by atoms with Crippen molar-refractivity contribution in [2.24, 2.45) is 0 Å². The van der Waals surface area contributed by atoms with Gasteiger partial charge in [-0.25, -0.2) is 4.79 Å². The number of halogens is 2. The number of hydrogen-bond acceptors (Lipinski definition) is 6. The van der Waals surface area contributed by atoms with E-state index in [1.807, 2.05) is 20.8 Å². The lowest BCUT2D eigenvalue weighted by Crippen LogP contribution is -2.14. The molecule has 24 heavy (non-hydrogen) atoms. The van der Waals surface area contributed by atoms with Gasteiger partial charge in [-0.15, -0.1) is 0 Å². The maximum Gasteiger partial charge on any atom is 0.338 e. The average molecular weight is 356 g/mol. The molecule has 0 spiro atoms. The Morgan fingerprint density at radius 2 is 1.88 bits per heavy atom. The van der Waals surface area contributed by atoms with Crippen molar-refractivity contribution in [3.8, 4) is 0 Å². The Balaban J connectivity index is 2.02. The third-order valence-corrected chi connectivity index (χ3v) is 3.78. The zero-order valence-electron chi connectivity index (χ0n) is 13.7. The van der Waals surface area contributed by atoms with Crippen LogP contribution in [0.15, 0.2) is 33.7 Å². The molecule has 2 rings (SSSR count). The number of aromatic nitrogens is 2. The molecule has 0 aliphatic carbocycles. The van der Waals surface area contributed by atoms with Gasteiger partial charge in [-0.1, -0.05) is 37.7 Å². The van der Waals surface area contributed by atoms with Gasteiger partial charge in [0.15, 0.2) is 11.9 Å². The summed E-state index contributed by atoms with van der Waals surface area (Å²) in [6, 6.07) is 5.77. The van der Waals surface area contributed by atoms with E-state index in [2.05, 4.69) is 10.1 Å². The molecule has 1 unspecified atom stereocenters. The number of nitrogens with zero attached hydrogens (tertiary/aromatic N) is 2. The summed E-state index contributed by atoms with van der Waals surface area (Å²) < 4.78 is 35.0. The molecule has 0 N–H and O–H groups in total. The van der Waals surface area contributed by atoms with Gasteiger partial charge in [0, 0.05) is 10.3 Å². The summed E-state index contributed by atoms with van der Waals surface area (Å²) in [6.45, 7) is 7.45. The van der Waals surface area contributed by atoms with Crippen molar-refractivity contribution >= 4 is 17.7 Å². The van der Waals surface area contributed by atoms with Crippen LogP contribution in [-0.4, -0.2) is 21.9 Å². The van der Waals surface area contributed by atoms with Crippen molar-refractivity contribution in [1.82, 2.24) is 10.1 Å². The fourth-order valence-corrected chi connectivity index (χ4v) is 2.26. The van der Waals surface area contributed by atoms with E-state index in [1.165, 1.54) is 24.3 Å². The molecule has 0 aliphatic heterocycles. The van der Waals surface area contributed by atoms with Crippen LogP contribution in [0.4, 0.5) is 8.78 Å². The lowest BCUT2D eigenvalue weighted by molar-refractivity contribution is 0.0265. The molecule has 1 aromatic carbocycles. The monoisotopic (exact) mass is 356 g/mol. The van der Waals surface area contributed by atoms with E-state index in [9.17, 15) is 13.6 Å². The van der Waals surface area contributed by atoms with Crippen LogP contribution < -0.4 is 0 Å². The van der Waals surface area contributed by atoms with Crippen molar-refractivity contribution in [2.45, 2.75) is 49.9 Å². The predicted octanol–water partition coefficient (Wildman–Crippen LogP) is 4.60. The van der Waals surface area contributed by atoms with E-state index >= 15 is 0 Å². The molecule has 1 aromatic heterocycles. The van der Waals surface area contributed by atoms with Crippen LogP contribution >= 0.6 is 11.8 Å². The Morgan fingerprint density at radius 1 is 1.25 bits per heavy atom. The second kappa shape index (κ2) is 7.29. The van der Waals surface area contributed by atoms with Crippen LogP contribution in [0.2, 0.25) is 0 Å². The first-order valence-electron chi connectivity index (χ1n) is 7.27. The number of carbonyl (C=O) groups is 1. The van der Waals surface area contributed by atoms with E-state index in [-0.39, 0.29) is 16.9 Å². The molecule has 8 heteroatoms. The maximum absolute atomic E-state index is 12.3. The third kappa shape index (κ3) is 4.77. The highest BCUT2D eigenvalue weighted by Crippen LogP contribution is 2.26. The molecular weight excluding hydrogens is 338 g/mol. The first kappa shape index (κ1) is 18.4. The van der Waals surface area contributed by atoms with E-state index in [0.29, 0.717) is 22.5 Å². The van der Waals surface area contributed by atoms with Gasteiger partial charge in [0.05, 0.1) is 5.56 Å². The molecule has 5 nitrogen and oxygen atoms in total. The Kier molecular flexibility index (Phi) is 5.58. The second-order valence-electron chi connectivity index (χ2n) is 6.16. The fraction of sp³-hybridized carbons (Fsp3) is 0.438. The number of esters is 1. The van der Waals surface area contributed by atoms with E-state index in [4.69, 9.17) is 9.26 Å². The zero-order valence-corrected chi connectivity index (χ0v) is 14.6. The molecular formula is C16H18F2N2O3S. The molecule has 0 bridgehead atoms. The number of hydrogen-bond donors (Lipinski definition) is 0. The van der Waals surface area contributed by atoms with Gasteiger partial charge in [-0.3, -0.25) is 0 Å². The summed E-state index contributed by atoms with van der Waals surface area (Å²) >= 11 is 0.416. The molecule has 2 aromatic rings. The van der Waals surface area contributed by atoms with Crippen LogP contribution in [-0.2, 0) is 10.2 Å². The lowest BCUT2D eigenvalue weighted by atomic mass is 9.96. The number of alkyl halides is 2. The Labute approximate surface area is 142 Å². The van der Waals surface area contributed by atoms with Gasteiger partial charge in [0.25, 0.3) is 11.6 Å². The smallest absolute Gasteiger partial charge is 0.338 e. The maximum atomic E-state index is 12.3. The predicted molar refractivity (Wildman–Crippen MR) is 85.1 cm³/mol. The largest absolute Gasteiger partial charge is 0.449 e. The van der Waals surface area contributed by atoms with Crippen LogP contribution in [0.1, 0.15) is 55.9 Å². The highest BCUT2D eigenvalue weighted by molar-refractivity contribution is 7.99. The van der Waals surface area contributed by atoms with Gasteiger partial charge >= 0.3 is 5.97 Å². The highest BCUT2D eigenvalue weighted by atomic mass is 32.2. The van der Waals surface area contributed by atoms with Gasteiger partial charge in [-0.2, -0.15) is 13.8 Å². The Bertz CT molecular complexity index is 696. The molecule has 0 saturated heterocycles. The number of carbonyl (C=O) groups excluding carboxylic acids is 1. The molecule has 1 atom stereocenters. The third-order valence-electron chi connectivity index (χ3n) is 3.06. The normalized spacial score (nSPS) is 13.1. The summed E-state index contributed by atoms with van der Waals surface area (Å²) in [5.74, 6) is -2.36. The van der Waals surface area contributed by atoms with Crippen molar-refractivity contribution < 1.29 is 22.8 Å². The van der Waals surface area contributed by atoms with Gasteiger partial charge in [0.1, 0.15) is 0 Å². The molecule has 0 radical (unpaired) electrons. The van der Waals surface area contributed by atoms with Crippen LogP contribution in [0.5, 0.6) is 0 Å². The highest BCUT2D eigenvalue weighted by Gasteiger charge is 2.25. The van der Waals surface area contributed by atoms with E-state index < -0.39 is 17.8 Å². The van der Waals surface area contributed by atoms with Crippen molar-refractivity contribution in [3.63, 3.8) is 0 Å². The van der Waals surface area contributed by atoms with Crippen LogP contribution in [0.25, 0.3) is 0 Å². The van der Waals surface area contributed by atoms with E-state index in [1.54, 1.807) is 6.92 Å². The fourth-order valence-electron chi connectivity index (χ4n) is 1.76. The van der Waals surface area contributed by atoms with Gasteiger partial charge < -0.3 is 9.26 Å². The quantitative estimate of drug-likeness (QED) is 0.576. The minimum atomic E-state index is -2.50. The van der Waals surface area contributed by atoms with Crippen LogP contribution in [0.3, 0.4) is 0 Å². The number of benzene rings is 1. The second-order valence-corrected chi connectivity index (χ2v) is 7.22. The van der Waals surface area contributed by atoms with Gasteiger partial charge in [0.2, 0.25) is 0 Å². The Morgan fingerprint density at radius 3 is 2.38 bits per heavy atom. The number of ether oxygens (including phenoxy) is 1. The number of rotatable bonds is 5.